The number of nitrogens with two attached hydrogens (primary N) is 2. The molecular weight excluding hydrogens is 383 g/mol. The number of anilines is 2. The Morgan fingerprint density at radius 3 is 2.14 bits per heavy atom. The second-order valence-corrected chi connectivity index (χ2v) is 6.17. The number of carbonyl (C=O) groups is 2. The maximum atomic E-state index is 13.5. The minimum atomic E-state index is -0.725. The third kappa shape index (κ3) is 2.66. The van der Waals surface area contributed by atoms with Crippen LogP contribution in [-0.2, 0) is 9.47 Å². The fourth-order valence-corrected chi connectivity index (χ4v) is 3.36. The van der Waals surface area contributed by atoms with Crippen LogP contribution in [-0.4, -0.2) is 26.2 Å². The molecule has 0 spiro atoms. The van der Waals surface area contributed by atoms with E-state index in [2.05, 4.69) is 0 Å². The second-order valence-electron chi connectivity index (χ2n) is 6.17. The summed E-state index contributed by atoms with van der Waals surface area (Å²) in [6.07, 6.45) is 0. The van der Waals surface area contributed by atoms with E-state index in [1.54, 1.807) is 0 Å². The number of nitrogen functional groups attached to an aromatic ring is 2. The van der Waals surface area contributed by atoms with E-state index in [-0.39, 0.29) is 34.1 Å². The van der Waals surface area contributed by atoms with Crippen LogP contribution in [0.2, 0.25) is 0 Å². The number of halogens is 1. The molecule has 0 radical (unpaired) electrons. The van der Waals surface area contributed by atoms with Gasteiger partial charge in [-0.15, -0.1) is 0 Å². The Balaban J connectivity index is 2.22. The van der Waals surface area contributed by atoms with Crippen molar-refractivity contribution < 1.29 is 32.3 Å². The maximum absolute atomic E-state index is 13.5. The number of esters is 2. The lowest BCUT2D eigenvalue weighted by Crippen LogP contribution is -2.04. The molecule has 0 atom stereocenters. The Hall–Kier alpha value is -4.01. The van der Waals surface area contributed by atoms with Crippen LogP contribution in [0.4, 0.5) is 16.2 Å². The number of hydrogen-bond donors (Lipinski definition) is 2. The molecule has 4 rings (SSSR count). The lowest BCUT2D eigenvalue weighted by molar-refractivity contribution is 0.0594. The molecule has 0 amide bonds. The molecule has 29 heavy (non-hydrogen) atoms. The lowest BCUT2D eigenvalue weighted by atomic mass is 9.95. The lowest BCUT2D eigenvalue weighted by Gasteiger charge is -2.07. The highest BCUT2D eigenvalue weighted by Crippen LogP contribution is 2.44. The third-order valence-electron chi connectivity index (χ3n) is 4.60. The molecular formula is C20H15FN2O6. The van der Waals surface area contributed by atoms with Crippen molar-refractivity contribution in [3.05, 3.63) is 47.3 Å². The number of furan rings is 2. The molecule has 148 valence electrons. The summed E-state index contributed by atoms with van der Waals surface area (Å²) < 4.78 is 34.3. The molecule has 8 nitrogen and oxygen atoms in total. The molecule has 0 unspecified atom stereocenters. The average Bonchev–Trinajstić information content (AvgIpc) is 3.21. The fraction of sp³-hybridized carbons (Fsp3) is 0.100. The predicted octanol–water partition coefficient (Wildman–Crippen LogP) is 3.72. The highest BCUT2D eigenvalue weighted by molar-refractivity contribution is 6.22. The number of carbonyl (C=O) groups excluding carboxylic acids is 2. The van der Waals surface area contributed by atoms with E-state index in [9.17, 15) is 14.0 Å². The van der Waals surface area contributed by atoms with Crippen LogP contribution in [0.15, 0.2) is 39.2 Å². The van der Waals surface area contributed by atoms with Gasteiger partial charge >= 0.3 is 11.9 Å². The zero-order chi connectivity index (χ0) is 20.9. The summed E-state index contributed by atoms with van der Waals surface area (Å²) in [7, 11) is 2.41. The Bertz CT molecular complexity index is 1290. The average molecular weight is 398 g/mol. The Morgan fingerprint density at radius 2 is 1.52 bits per heavy atom. The van der Waals surface area contributed by atoms with E-state index in [1.165, 1.54) is 44.6 Å². The Kier molecular flexibility index (Phi) is 4.15. The van der Waals surface area contributed by atoms with Crippen molar-refractivity contribution in [1.82, 2.24) is 0 Å². The quantitative estimate of drug-likeness (QED) is 0.499. The molecule has 0 bridgehead atoms. The first-order valence-corrected chi connectivity index (χ1v) is 8.36. The molecule has 0 fully saturated rings. The van der Waals surface area contributed by atoms with E-state index >= 15 is 0 Å². The van der Waals surface area contributed by atoms with Gasteiger partial charge in [-0.2, -0.15) is 0 Å². The molecule has 2 aromatic heterocycles. The van der Waals surface area contributed by atoms with Gasteiger partial charge in [0.25, 0.3) is 0 Å². The van der Waals surface area contributed by atoms with Gasteiger partial charge in [0.2, 0.25) is 11.8 Å². The normalized spacial score (nSPS) is 11.1. The molecule has 0 saturated heterocycles. The standard InChI is InChI=1S/C20H15FN2O6/c1-26-19(24)13-10-7-11-14(15(18(23)28-11)20(25)27-2)12(16(10)29-17(13)22)8-3-5-9(21)6-4-8/h3-7H,22-23H2,1-2H3. The van der Waals surface area contributed by atoms with E-state index in [4.69, 9.17) is 29.8 Å². The summed E-state index contributed by atoms with van der Waals surface area (Å²) in [6, 6.07) is 6.95. The fourth-order valence-electron chi connectivity index (χ4n) is 3.36. The molecule has 2 aromatic carbocycles. The summed E-state index contributed by atoms with van der Waals surface area (Å²) >= 11 is 0. The van der Waals surface area contributed by atoms with Gasteiger partial charge in [-0.3, -0.25) is 0 Å². The van der Waals surface area contributed by atoms with Crippen LogP contribution in [0.25, 0.3) is 33.1 Å². The van der Waals surface area contributed by atoms with Gasteiger partial charge in [-0.25, -0.2) is 14.0 Å². The summed E-state index contributed by atoms with van der Waals surface area (Å²) in [5, 5.41) is 0.588. The first kappa shape index (κ1) is 18.4. The van der Waals surface area contributed by atoms with Crippen molar-refractivity contribution in [2.75, 3.05) is 25.7 Å². The maximum Gasteiger partial charge on any atom is 0.344 e. The molecule has 9 heteroatoms. The van der Waals surface area contributed by atoms with E-state index < -0.39 is 17.8 Å². The van der Waals surface area contributed by atoms with Crippen LogP contribution >= 0.6 is 0 Å². The first-order chi connectivity index (χ1) is 13.9. The van der Waals surface area contributed by atoms with Gasteiger partial charge in [0, 0.05) is 16.3 Å². The molecule has 0 aliphatic heterocycles. The summed E-state index contributed by atoms with van der Waals surface area (Å²) in [5.41, 5.74) is 13.0. The van der Waals surface area contributed by atoms with Gasteiger partial charge in [0.15, 0.2) is 0 Å². The number of methoxy groups -OCH3 is 2. The first-order valence-electron chi connectivity index (χ1n) is 8.36. The van der Waals surface area contributed by atoms with Crippen LogP contribution in [0.1, 0.15) is 20.7 Å². The zero-order valence-corrected chi connectivity index (χ0v) is 15.4. The van der Waals surface area contributed by atoms with E-state index in [0.717, 1.165) is 0 Å². The number of ether oxygens (including phenoxy) is 2. The number of hydrogen-bond acceptors (Lipinski definition) is 8. The zero-order valence-electron chi connectivity index (χ0n) is 15.4. The van der Waals surface area contributed by atoms with Crippen molar-refractivity contribution in [1.29, 1.82) is 0 Å². The van der Waals surface area contributed by atoms with Gasteiger partial charge in [0.1, 0.15) is 28.1 Å². The van der Waals surface area contributed by atoms with Gasteiger partial charge in [0.05, 0.1) is 14.2 Å². The minimum absolute atomic E-state index is 0.00218. The van der Waals surface area contributed by atoms with Crippen molar-refractivity contribution in [2.45, 2.75) is 0 Å². The van der Waals surface area contributed by atoms with E-state index in [0.29, 0.717) is 21.9 Å². The van der Waals surface area contributed by atoms with Gasteiger partial charge in [-0.05, 0) is 23.8 Å². The van der Waals surface area contributed by atoms with Crippen molar-refractivity contribution in [3.8, 4) is 11.1 Å². The van der Waals surface area contributed by atoms with Crippen LogP contribution in [0, 0.1) is 5.82 Å². The SMILES string of the molecule is COC(=O)c1c(N)oc2c(-c3ccc(F)cc3)c3c(C(=O)OC)c(N)oc3cc12. The topological polar surface area (TPSA) is 131 Å². The highest BCUT2D eigenvalue weighted by atomic mass is 19.1. The van der Waals surface area contributed by atoms with E-state index in [1.807, 2.05) is 0 Å². The summed E-state index contributed by atoms with van der Waals surface area (Å²) in [4.78, 5) is 24.6. The van der Waals surface area contributed by atoms with Crippen LogP contribution in [0.5, 0.6) is 0 Å². The van der Waals surface area contributed by atoms with Crippen molar-refractivity contribution in [3.63, 3.8) is 0 Å². The van der Waals surface area contributed by atoms with Gasteiger partial charge in [-0.1, -0.05) is 12.1 Å². The highest BCUT2D eigenvalue weighted by Gasteiger charge is 2.29. The Morgan fingerprint density at radius 1 is 0.931 bits per heavy atom. The molecule has 0 aliphatic rings. The smallest absolute Gasteiger partial charge is 0.344 e. The molecule has 0 aliphatic carbocycles. The third-order valence-corrected chi connectivity index (χ3v) is 4.60. The largest absolute Gasteiger partial charge is 0.465 e. The van der Waals surface area contributed by atoms with Crippen molar-refractivity contribution >= 4 is 45.6 Å². The predicted molar refractivity (Wildman–Crippen MR) is 103 cm³/mol. The number of benzene rings is 2. The number of fused-ring (bicyclic) bond motifs is 2. The summed E-state index contributed by atoms with van der Waals surface area (Å²) in [5.74, 6) is -2.23. The number of rotatable bonds is 3. The molecule has 0 saturated carbocycles. The minimum Gasteiger partial charge on any atom is -0.465 e. The molecule has 2 heterocycles. The van der Waals surface area contributed by atoms with Crippen LogP contribution < -0.4 is 11.5 Å². The van der Waals surface area contributed by atoms with Crippen LogP contribution in [0.3, 0.4) is 0 Å². The van der Waals surface area contributed by atoms with Crippen molar-refractivity contribution in [2.24, 2.45) is 0 Å². The Labute approximate surface area is 162 Å². The molecule has 4 aromatic rings. The monoisotopic (exact) mass is 398 g/mol. The molecule has 4 N–H and O–H groups in total. The second kappa shape index (κ2) is 6.55. The summed E-state index contributed by atoms with van der Waals surface area (Å²) in [6.45, 7) is 0. The van der Waals surface area contributed by atoms with Gasteiger partial charge < -0.3 is 29.8 Å².